The molecule has 0 atom stereocenters. The molecule has 0 aliphatic heterocycles. The summed E-state index contributed by atoms with van der Waals surface area (Å²) >= 11 is 6.03. The van der Waals surface area contributed by atoms with Gasteiger partial charge in [0.15, 0.2) is 0 Å². The number of amides is 1. The van der Waals surface area contributed by atoms with Crippen LogP contribution in [0.1, 0.15) is 38.3 Å². The van der Waals surface area contributed by atoms with E-state index in [0.717, 1.165) is 16.8 Å². The summed E-state index contributed by atoms with van der Waals surface area (Å²) in [6, 6.07) is 18.4. The molecule has 170 valence electrons. The zero-order valence-electron chi connectivity index (χ0n) is 18.3. The minimum absolute atomic E-state index is 0.233. The lowest BCUT2D eigenvalue weighted by Crippen LogP contribution is -2.27. The highest BCUT2D eigenvalue weighted by atomic mass is 35.5. The van der Waals surface area contributed by atoms with Crippen molar-refractivity contribution in [3.05, 3.63) is 122 Å². The van der Waals surface area contributed by atoms with E-state index in [9.17, 15) is 9.59 Å². The van der Waals surface area contributed by atoms with E-state index in [-0.39, 0.29) is 11.5 Å². The Kier molecular flexibility index (Phi) is 7.21. The molecule has 2 aromatic carbocycles. The minimum atomic E-state index is -0.262. The summed E-state index contributed by atoms with van der Waals surface area (Å²) in [6.07, 6.45) is 5.93. The molecular formula is C26H22ClN5O2. The predicted molar refractivity (Wildman–Crippen MR) is 130 cm³/mol. The van der Waals surface area contributed by atoms with Crippen LogP contribution in [0.15, 0.2) is 78.1 Å². The van der Waals surface area contributed by atoms with E-state index < -0.39 is 0 Å². The van der Waals surface area contributed by atoms with Crippen LogP contribution < -0.4 is 10.9 Å². The van der Waals surface area contributed by atoms with E-state index in [0.29, 0.717) is 47.6 Å². The third-order valence-corrected chi connectivity index (χ3v) is 5.66. The topological polar surface area (TPSA) is 104 Å². The summed E-state index contributed by atoms with van der Waals surface area (Å²) in [4.78, 5) is 31.8. The van der Waals surface area contributed by atoms with Crippen molar-refractivity contribution < 1.29 is 4.79 Å². The van der Waals surface area contributed by atoms with Crippen molar-refractivity contribution in [1.82, 2.24) is 19.9 Å². The van der Waals surface area contributed by atoms with E-state index in [1.807, 2.05) is 28.8 Å². The number of pyridine rings is 1. The van der Waals surface area contributed by atoms with Gasteiger partial charge in [-0.25, -0.2) is 4.98 Å². The number of carbonyl (C=O) groups is 1. The lowest BCUT2D eigenvalue weighted by molar-refractivity contribution is 0.0953. The number of nitrogens with zero attached hydrogens (tertiary/aromatic N) is 3. The van der Waals surface area contributed by atoms with Gasteiger partial charge in [0.2, 0.25) is 0 Å². The average molecular weight is 472 g/mol. The van der Waals surface area contributed by atoms with Gasteiger partial charge in [-0.15, -0.1) is 0 Å². The lowest BCUT2D eigenvalue weighted by Gasteiger charge is -2.10. The average Bonchev–Trinajstić information content (AvgIpc) is 3.27. The summed E-state index contributed by atoms with van der Waals surface area (Å²) < 4.78 is 2.01. The van der Waals surface area contributed by atoms with Crippen LogP contribution >= 0.6 is 11.6 Å². The number of benzene rings is 2. The smallest absolute Gasteiger partial charge is 0.252 e. The quantitative estimate of drug-likeness (QED) is 0.408. The van der Waals surface area contributed by atoms with Crippen LogP contribution in [0.4, 0.5) is 0 Å². The Bertz CT molecular complexity index is 1400. The van der Waals surface area contributed by atoms with Crippen LogP contribution in [0.25, 0.3) is 0 Å². The van der Waals surface area contributed by atoms with E-state index in [1.54, 1.807) is 42.9 Å². The largest absolute Gasteiger partial charge is 0.352 e. The maximum absolute atomic E-state index is 12.7. The standard InChI is InChI=1S/C26H22ClN5O2/c27-23-3-1-2-20(11-23)10-21-12-22(14-31-25(21)33)26(34)30-9-8-24-15-29-17-32(24)16-19-6-4-18(13-28)5-7-19/h1-7,11-12,14-15,17H,8-10,16H2,(H,30,34)(H,31,33). The first-order valence-corrected chi connectivity index (χ1v) is 11.1. The first-order chi connectivity index (χ1) is 16.5. The minimum Gasteiger partial charge on any atom is -0.352 e. The molecule has 0 bridgehead atoms. The van der Waals surface area contributed by atoms with Gasteiger partial charge in [-0.05, 0) is 41.5 Å². The Balaban J connectivity index is 1.36. The van der Waals surface area contributed by atoms with Crippen molar-refractivity contribution in [3.8, 4) is 6.07 Å². The zero-order valence-corrected chi connectivity index (χ0v) is 19.0. The SMILES string of the molecule is N#Cc1ccc(Cn2cncc2CCNC(=O)c2c[nH]c(=O)c(Cc3cccc(Cl)c3)c2)cc1. The number of aromatic nitrogens is 3. The third kappa shape index (κ3) is 5.80. The van der Waals surface area contributed by atoms with Gasteiger partial charge in [0.05, 0.1) is 23.5 Å². The summed E-state index contributed by atoms with van der Waals surface area (Å²) in [5.74, 6) is -0.262. The maximum Gasteiger partial charge on any atom is 0.252 e. The molecule has 0 saturated carbocycles. The Morgan fingerprint density at radius 1 is 1.15 bits per heavy atom. The molecule has 8 heteroatoms. The summed E-state index contributed by atoms with van der Waals surface area (Å²) in [7, 11) is 0. The molecule has 0 spiro atoms. The molecule has 1 amide bonds. The molecule has 4 rings (SSSR count). The highest BCUT2D eigenvalue weighted by Crippen LogP contribution is 2.14. The van der Waals surface area contributed by atoms with Crippen LogP contribution in [0.3, 0.4) is 0 Å². The highest BCUT2D eigenvalue weighted by molar-refractivity contribution is 6.30. The van der Waals surface area contributed by atoms with E-state index in [2.05, 4.69) is 21.4 Å². The molecule has 0 radical (unpaired) electrons. The van der Waals surface area contributed by atoms with Crippen LogP contribution in [-0.2, 0) is 19.4 Å². The van der Waals surface area contributed by atoms with E-state index in [4.69, 9.17) is 16.9 Å². The fourth-order valence-corrected chi connectivity index (χ4v) is 3.86. The lowest BCUT2D eigenvalue weighted by atomic mass is 10.0. The number of hydrogen-bond donors (Lipinski definition) is 2. The molecule has 2 heterocycles. The van der Waals surface area contributed by atoms with Gasteiger partial charge in [0, 0.05) is 54.6 Å². The first-order valence-electron chi connectivity index (χ1n) is 10.7. The second-order valence-electron chi connectivity index (χ2n) is 7.88. The number of nitriles is 1. The fourth-order valence-electron chi connectivity index (χ4n) is 3.65. The van der Waals surface area contributed by atoms with Gasteiger partial charge < -0.3 is 14.9 Å². The summed E-state index contributed by atoms with van der Waals surface area (Å²) in [6.45, 7) is 1.04. The van der Waals surface area contributed by atoms with Crippen molar-refractivity contribution in [2.75, 3.05) is 6.54 Å². The van der Waals surface area contributed by atoms with E-state index >= 15 is 0 Å². The number of halogens is 1. The molecule has 0 fully saturated rings. The fraction of sp³-hybridized carbons (Fsp3) is 0.154. The Morgan fingerprint density at radius 3 is 2.74 bits per heavy atom. The van der Waals surface area contributed by atoms with Gasteiger partial charge in [0.25, 0.3) is 11.5 Å². The van der Waals surface area contributed by atoms with Crippen molar-refractivity contribution in [2.24, 2.45) is 0 Å². The van der Waals surface area contributed by atoms with Crippen molar-refractivity contribution >= 4 is 17.5 Å². The number of rotatable bonds is 8. The number of hydrogen-bond acceptors (Lipinski definition) is 4. The van der Waals surface area contributed by atoms with Gasteiger partial charge >= 0.3 is 0 Å². The molecular weight excluding hydrogens is 450 g/mol. The molecule has 0 unspecified atom stereocenters. The number of imidazole rings is 1. The molecule has 2 aromatic heterocycles. The number of carbonyl (C=O) groups excluding carboxylic acids is 1. The Hall–Kier alpha value is -4.15. The second-order valence-corrected chi connectivity index (χ2v) is 8.31. The monoisotopic (exact) mass is 471 g/mol. The van der Waals surface area contributed by atoms with Crippen LogP contribution in [-0.4, -0.2) is 27.0 Å². The Labute approximate surface area is 201 Å². The Morgan fingerprint density at radius 2 is 1.97 bits per heavy atom. The number of H-pyrrole nitrogens is 1. The first kappa shape index (κ1) is 23.0. The van der Waals surface area contributed by atoms with Crippen LogP contribution in [0, 0.1) is 11.3 Å². The molecule has 0 aliphatic carbocycles. The zero-order chi connectivity index (χ0) is 23.9. The number of nitrogens with one attached hydrogen (secondary N) is 2. The molecule has 4 aromatic rings. The molecule has 34 heavy (non-hydrogen) atoms. The van der Waals surface area contributed by atoms with Gasteiger partial charge in [-0.1, -0.05) is 35.9 Å². The molecule has 0 aliphatic rings. The van der Waals surface area contributed by atoms with Crippen LogP contribution in [0.5, 0.6) is 0 Å². The van der Waals surface area contributed by atoms with Gasteiger partial charge in [0.1, 0.15) is 0 Å². The van der Waals surface area contributed by atoms with Crippen molar-refractivity contribution in [2.45, 2.75) is 19.4 Å². The van der Waals surface area contributed by atoms with Gasteiger partial charge in [-0.2, -0.15) is 5.26 Å². The number of aromatic amines is 1. The van der Waals surface area contributed by atoms with Crippen molar-refractivity contribution in [3.63, 3.8) is 0 Å². The molecule has 2 N–H and O–H groups in total. The van der Waals surface area contributed by atoms with Crippen molar-refractivity contribution in [1.29, 1.82) is 5.26 Å². The summed E-state index contributed by atoms with van der Waals surface area (Å²) in [5.41, 5.74) is 4.21. The van der Waals surface area contributed by atoms with Crippen LogP contribution in [0.2, 0.25) is 5.02 Å². The maximum atomic E-state index is 12.7. The molecule has 0 saturated heterocycles. The molecule has 7 nitrogen and oxygen atoms in total. The van der Waals surface area contributed by atoms with Gasteiger partial charge in [-0.3, -0.25) is 9.59 Å². The predicted octanol–water partition coefficient (Wildman–Crippen LogP) is 3.71. The normalized spacial score (nSPS) is 10.6. The third-order valence-electron chi connectivity index (χ3n) is 5.43. The highest BCUT2D eigenvalue weighted by Gasteiger charge is 2.11. The summed E-state index contributed by atoms with van der Waals surface area (Å²) in [5, 5.41) is 12.4. The van der Waals surface area contributed by atoms with E-state index in [1.165, 1.54) is 6.20 Å². The second kappa shape index (κ2) is 10.6.